The first kappa shape index (κ1) is 5.45. The molecule has 0 radical (unpaired) electrons. The van der Waals surface area contributed by atoms with Crippen molar-refractivity contribution in [3.05, 3.63) is 6.08 Å². The van der Waals surface area contributed by atoms with Crippen LogP contribution in [-0.2, 0) is 0 Å². The summed E-state index contributed by atoms with van der Waals surface area (Å²) in [4.78, 5) is 0. The van der Waals surface area contributed by atoms with Crippen molar-refractivity contribution < 1.29 is 0 Å². The van der Waals surface area contributed by atoms with E-state index in [1.54, 1.807) is 6.08 Å². The summed E-state index contributed by atoms with van der Waals surface area (Å²) in [6.07, 6.45) is 1.71. The number of rotatable bonds is 1. The molecule has 1 N–H and O–H groups in total. The number of nitrogens with one attached hydrogen (secondary N) is 1. The average Bonchev–Trinajstić information content (AvgIpc) is 1.35. The first-order valence-corrected chi connectivity index (χ1v) is 2.03. The van der Waals surface area contributed by atoms with Crippen LogP contribution in [0.4, 0.5) is 0 Å². The van der Waals surface area contributed by atoms with Gasteiger partial charge in [-0.3, -0.25) is 5.41 Å². The van der Waals surface area contributed by atoms with Gasteiger partial charge in [0.25, 0.3) is 0 Å². The van der Waals surface area contributed by atoms with Crippen molar-refractivity contribution in [3.8, 4) is 0 Å². The van der Waals surface area contributed by atoms with E-state index in [1.165, 1.54) is 0 Å². The fraction of sp³-hybridized carbons (Fsp3) is 0.600. The van der Waals surface area contributed by atoms with Crippen molar-refractivity contribution in [1.82, 2.24) is 0 Å². The Morgan fingerprint density at radius 1 is 1.67 bits per heavy atom. The van der Waals surface area contributed by atoms with Gasteiger partial charge in [-0.25, -0.2) is 0 Å². The highest BCUT2D eigenvalue weighted by Gasteiger charge is 1.76. The predicted molar refractivity (Wildman–Crippen MR) is 27.1 cm³/mol. The molecule has 0 spiro atoms. The standard InChI is InChI=1S/C5H9N/c1-5(2)3-4-6/h3,5-6H,1-2H3. The summed E-state index contributed by atoms with van der Waals surface area (Å²) in [6.45, 7) is 4.03. The van der Waals surface area contributed by atoms with Crippen LogP contribution < -0.4 is 0 Å². The van der Waals surface area contributed by atoms with Crippen molar-refractivity contribution in [2.75, 3.05) is 0 Å². The van der Waals surface area contributed by atoms with Crippen LogP contribution in [0, 0.1) is 11.3 Å². The van der Waals surface area contributed by atoms with Gasteiger partial charge in [-0.2, -0.15) is 0 Å². The molecule has 1 nitrogen and oxygen atoms in total. The van der Waals surface area contributed by atoms with Gasteiger partial charge in [-0.05, 0) is 17.9 Å². The van der Waals surface area contributed by atoms with Crippen molar-refractivity contribution in [2.24, 2.45) is 5.92 Å². The van der Waals surface area contributed by atoms with Crippen molar-refractivity contribution in [1.29, 1.82) is 5.41 Å². The van der Waals surface area contributed by atoms with Crippen LogP contribution in [0.2, 0.25) is 0 Å². The largest absolute Gasteiger partial charge is 0.259 e. The van der Waals surface area contributed by atoms with Gasteiger partial charge in [-0.15, -0.1) is 0 Å². The quantitative estimate of drug-likeness (QED) is 0.464. The summed E-state index contributed by atoms with van der Waals surface area (Å²) in [6, 6.07) is 0. The highest BCUT2D eigenvalue weighted by Crippen LogP contribution is 1.86. The third kappa shape index (κ3) is 3.45. The molecule has 0 aromatic rings. The smallest absolute Gasteiger partial charge is 0.0199 e. The topological polar surface area (TPSA) is 23.9 Å². The highest BCUT2D eigenvalue weighted by molar-refractivity contribution is 5.47. The van der Waals surface area contributed by atoms with E-state index in [1.807, 2.05) is 13.8 Å². The molecular weight excluding hydrogens is 74.1 g/mol. The minimum absolute atomic E-state index is 0.475. The molecule has 0 saturated heterocycles. The zero-order valence-electron chi connectivity index (χ0n) is 4.15. The zero-order valence-corrected chi connectivity index (χ0v) is 4.15. The normalized spacial score (nSPS) is 7.83. The summed E-state index contributed by atoms with van der Waals surface area (Å²) in [5, 5.41) is 6.43. The molecule has 0 bridgehead atoms. The van der Waals surface area contributed by atoms with Gasteiger partial charge in [-0.1, -0.05) is 13.8 Å². The Kier molecular flexibility index (Phi) is 2.43. The molecule has 0 aliphatic heterocycles. The molecular formula is C5H9N. The minimum Gasteiger partial charge on any atom is -0.259 e. The van der Waals surface area contributed by atoms with Crippen molar-refractivity contribution >= 4 is 5.87 Å². The lowest BCUT2D eigenvalue weighted by molar-refractivity contribution is 0.839. The van der Waals surface area contributed by atoms with Gasteiger partial charge in [0.15, 0.2) is 0 Å². The van der Waals surface area contributed by atoms with E-state index in [0.717, 1.165) is 0 Å². The summed E-state index contributed by atoms with van der Waals surface area (Å²) in [5.41, 5.74) is 0. The highest BCUT2D eigenvalue weighted by atomic mass is 14.3. The van der Waals surface area contributed by atoms with Crippen LogP contribution in [0.15, 0.2) is 6.08 Å². The fourth-order valence-electron chi connectivity index (χ4n) is 0.167. The van der Waals surface area contributed by atoms with E-state index >= 15 is 0 Å². The Balaban J connectivity index is 3.29. The fourth-order valence-corrected chi connectivity index (χ4v) is 0.167. The Labute approximate surface area is 38.2 Å². The monoisotopic (exact) mass is 83.1 g/mol. The summed E-state index contributed by atoms with van der Waals surface area (Å²) >= 11 is 0. The molecule has 0 rings (SSSR count). The van der Waals surface area contributed by atoms with Crippen molar-refractivity contribution in [3.63, 3.8) is 0 Å². The molecule has 0 amide bonds. The molecule has 6 heavy (non-hydrogen) atoms. The van der Waals surface area contributed by atoms with Crippen LogP contribution in [-0.4, -0.2) is 5.87 Å². The molecule has 1 heteroatoms. The van der Waals surface area contributed by atoms with E-state index in [2.05, 4.69) is 5.87 Å². The molecule has 0 unspecified atom stereocenters. The van der Waals surface area contributed by atoms with Crippen LogP contribution >= 0.6 is 0 Å². The second kappa shape index (κ2) is 2.67. The average molecular weight is 83.1 g/mol. The predicted octanol–water partition coefficient (Wildman–Crippen LogP) is 1.45. The first-order valence-electron chi connectivity index (χ1n) is 2.03. The summed E-state index contributed by atoms with van der Waals surface area (Å²) in [5.74, 6) is 2.67. The Hall–Kier alpha value is -0.550. The molecule has 0 fully saturated rings. The lowest BCUT2D eigenvalue weighted by Gasteiger charge is -1.83. The maximum absolute atomic E-state index is 6.43. The summed E-state index contributed by atoms with van der Waals surface area (Å²) in [7, 11) is 0. The van der Waals surface area contributed by atoms with E-state index in [9.17, 15) is 0 Å². The Morgan fingerprint density at radius 3 is 2.17 bits per heavy atom. The third-order valence-electron chi connectivity index (χ3n) is 0.417. The molecule has 0 aromatic heterocycles. The van der Waals surface area contributed by atoms with Gasteiger partial charge in [0.1, 0.15) is 0 Å². The number of hydrogen-bond donors (Lipinski definition) is 1. The molecule has 0 aromatic carbocycles. The lowest BCUT2D eigenvalue weighted by Crippen LogP contribution is -1.74. The van der Waals surface area contributed by atoms with Crippen LogP contribution in [0.1, 0.15) is 13.8 Å². The van der Waals surface area contributed by atoms with Crippen LogP contribution in [0.25, 0.3) is 0 Å². The first-order chi connectivity index (χ1) is 2.77. The number of hydrogen-bond acceptors (Lipinski definition) is 1. The van der Waals surface area contributed by atoms with E-state index in [0.29, 0.717) is 5.92 Å². The minimum atomic E-state index is 0.475. The molecule has 0 aliphatic rings. The number of allylic oxidation sites excluding steroid dienone is 1. The molecule has 0 heterocycles. The maximum atomic E-state index is 6.43. The van der Waals surface area contributed by atoms with Gasteiger partial charge < -0.3 is 0 Å². The molecule has 0 aliphatic carbocycles. The Bertz CT molecular complexity index is 68.0. The van der Waals surface area contributed by atoms with Gasteiger partial charge in [0.05, 0.1) is 0 Å². The summed E-state index contributed by atoms with van der Waals surface area (Å²) < 4.78 is 0. The second-order valence-electron chi connectivity index (χ2n) is 1.56. The van der Waals surface area contributed by atoms with Crippen molar-refractivity contribution in [2.45, 2.75) is 13.8 Å². The maximum Gasteiger partial charge on any atom is -0.0199 e. The van der Waals surface area contributed by atoms with Crippen LogP contribution in [0.5, 0.6) is 0 Å². The second-order valence-corrected chi connectivity index (χ2v) is 1.56. The van der Waals surface area contributed by atoms with Crippen LogP contribution in [0.3, 0.4) is 0 Å². The molecule has 0 atom stereocenters. The van der Waals surface area contributed by atoms with Gasteiger partial charge >= 0.3 is 0 Å². The third-order valence-corrected chi connectivity index (χ3v) is 0.417. The Morgan fingerprint density at radius 2 is 2.17 bits per heavy atom. The molecule has 0 saturated carbocycles. The van der Waals surface area contributed by atoms with Gasteiger partial charge in [0.2, 0.25) is 0 Å². The molecule has 34 valence electrons. The zero-order chi connectivity index (χ0) is 4.99. The van der Waals surface area contributed by atoms with E-state index < -0.39 is 0 Å². The SMILES string of the molecule is CC(C)C=C=N. The van der Waals surface area contributed by atoms with E-state index in [4.69, 9.17) is 5.41 Å². The lowest BCUT2D eigenvalue weighted by atomic mass is 10.2. The van der Waals surface area contributed by atoms with E-state index in [-0.39, 0.29) is 0 Å². The van der Waals surface area contributed by atoms with Gasteiger partial charge in [0, 0.05) is 0 Å².